The third kappa shape index (κ3) is 3.79. The van der Waals surface area contributed by atoms with Gasteiger partial charge >= 0.3 is 0 Å². The van der Waals surface area contributed by atoms with Crippen molar-refractivity contribution in [2.45, 2.75) is 12.8 Å². The van der Waals surface area contributed by atoms with E-state index in [1.807, 2.05) is 0 Å². The fourth-order valence-electron chi connectivity index (χ4n) is 1.39. The number of carbonyl (C=O) groups excluding carboxylic acids is 1. The van der Waals surface area contributed by atoms with Crippen molar-refractivity contribution in [1.82, 2.24) is 0 Å². The van der Waals surface area contributed by atoms with Gasteiger partial charge in [0, 0.05) is 5.56 Å². The van der Waals surface area contributed by atoms with Gasteiger partial charge in [0.15, 0.2) is 12.5 Å². The molecule has 2 rings (SSSR count). The Labute approximate surface area is 117 Å². The van der Waals surface area contributed by atoms with Crippen LogP contribution in [0.15, 0.2) is 21.1 Å². The summed E-state index contributed by atoms with van der Waals surface area (Å²) in [6.45, 7) is 0.996. The molecule has 92 valence electrons. The summed E-state index contributed by atoms with van der Waals surface area (Å²) in [4.78, 5) is 10.7. The molecule has 0 amide bonds. The molecule has 1 aromatic carbocycles. The number of hydrogen-bond acceptors (Lipinski definition) is 3. The molecule has 0 spiro atoms. The normalized spacial score (nSPS) is 14.7. The molecule has 0 radical (unpaired) electrons. The van der Waals surface area contributed by atoms with Crippen LogP contribution in [0.1, 0.15) is 23.2 Å². The van der Waals surface area contributed by atoms with Crippen molar-refractivity contribution in [1.29, 1.82) is 0 Å². The average Bonchev–Trinajstić information content (AvgIpc) is 3.10. The summed E-state index contributed by atoms with van der Waals surface area (Å²) in [6, 6.07) is 3.43. The van der Waals surface area contributed by atoms with Gasteiger partial charge in [-0.3, -0.25) is 4.79 Å². The summed E-state index contributed by atoms with van der Waals surface area (Å²) in [7, 11) is 0. The molecule has 5 heteroatoms. The van der Waals surface area contributed by atoms with Crippen LogP contribution in [0.3, 0.4) is 0 Å². The minimum Gasteiger partial charge on any atom is -0.465 e. The highest BCUT2D eigenvalue weighted by Gasteiger charge is 2.21. The molecule has 0 saturated heterocycles. The number of carbonyl (C=O) groups is 1. The van der Waals surface area contributed by atoms with E-state index in [4.69, 9.17) is 9.47 Å². The Hall–Kier alpha value is -0.390. The number of hydrogen-bond donors (Lipinski definition) is 0. The molecule has 3 nitrogen and oxygen atoms in total. The van der Waals surface area contributed by atoms with Crippen molar-refractivity contribution in [3.05, 3.63) is 26.6 Å². The second-order valence-corrected chi connectivity index (χ2v) is 5.72. The minimum atomic E-state index is 0.230. The number of benzene rings is 1. The highest BCUT2D eigenvalue weighted by Crippen LogP contribution is 2.34. The molecule has 0 atom stereocenters. The Kier molecular flexibility index (Phi) is 4.59. The molecule has 0 aromatic heterocycles. The van der Waals surface area contributed by atoms with Crippen molar-refractivity contribution >= 4 is 38.1 Å². The smallest absolute Gasteiger partial charge is 0.189 e. The molecular weight excluding hydrogens is 352 g/mol. The number of halogens is 2. The summed E-state index contributed by atoms with van der Waals surface area (Å²) in [5.41, 5.74) is 0.593. The van der Waals surface area contributed by atoms with Crippen LogP contribution >= 0.6 is 31.9 Å². The van der Waals surface area contributed by atoms with Gasteiger partial charge in [-0.15, -0.1) is 0 Å². The Morgan fingerprint density at radius 2 is 1.94 bits per heavy atom. The Morgan fingerprint density at radius 3 is 2.47 bits per heavy atom. The fraction of sp³-hybridized carbons (Fsp3) is 0.417. The maximum absolute atomic E-state index is 10.7. The van der Waals surface area contributed by atoms with Gasteiger partial charge in [-0.25, -0.2) is 0 Å². The van der Waals surface area contributed by atoms with Gasteiger partial charge < -0.3 is 9.47 Å². The van der Waals surface area contributed by atoms with Crippen LogP contribution in [0.5, 0.6) is 5.75 Å². The van der Waals surface area contributed by atoms with Gasteiger partial charge in [0.2, 0.25) is 0 Å². The van der Waals surface area contributed by atoms with E-state index in [0.717, 1.165) is 27.8 Å². The number of ether oxygens (including phenoxy) is 2. The molecule has 0 bridgehead atoms. The van der Waals surface area contributed by atoms with Gasteiger partial charge in [0.05, 0.1) is 15.6 Å². The zero-order chi connectivity index (χ0) is 12.3. The monoisotopic (exact) mass is 362 g/mol. The van der Waals surface area contributed by atoms with E-state index < -0.39 is 0 Å². The summed E-state index contributed by atoms with van der Waals surface area (Å²) < 4.78 is 12.4. The molecule has 1 fully saturated rings. The summed E-state index contributed by atoms with van der Waals surface area (Å²) >= 11 is 6.73. The second kappa shape index (κ2) is 5.98. The Balaban J connectivity index is 1.91. The largest absolute Gasteiger partial charge is 0.465 e. The van der Waals surface area contributed by atoms with Crippen LogP contribution in [0.4, 0.5) is 0 Å². The van der Waals surface area contributed by atoms with Crippen molar-refractivity contribution in [2.24, 2.45) is 5.92 Å². The zero-order valence-corrected chi connectivity index (χ0v) is 12.3. The third-order valence-electron chi connectivity index (χ3n) is 2.49. The van der Waals surface area contributed by atoms with E-state index in [1.54, 1.807) is 12.1 Å². The van der Waals surface area contributed by atoms with Crippen molar-refractivity contribution in [2.75, 3.05) is 13.4 Å². The molecular formula is C12H12Br2O3. The first kappa shape index (κ1) is 13.1. The average molecular weight is 364 g/mol. The van der Waals surface area contributed by atoms with Crippen LogP contribution in [0.25, 0.3) is 0 Å². The van der Waals surface area contributed by atoms with E-state index in [0.29, 0.717) is 11.3 Å². The number of aldehydes is 1. The SMILES string of the molecule is O=Cc1cc(Br)c(OCOCC2CC2)c(Br)c1. The van der Waals surface area contributed by atoms with E-state index in [2.05, 4.69) is 31.9 Å². The summed E-state index contributed by atoms with van der Waals surface area (Å²) in [5, 5.41) is 0. The highest BCUT2D eigenvalue weighted by atomic mass is 79.9. The Morgan fingerprint density at radius 1 is 1.29 bits per heavy atom. The van der Waals surface area contributed by atoms with Gasteiger partial charge in [-0.2, -0.15) is 0 Å². The number of rotatable bonds is 6. The minimum absolute atomic E-state index is 0.230. The molecule has 1 aliphatic rings. The highest BCUT2D eigenvalue weighted by molar-refractivity contribution is 9.11. The first-order valence-electron chi connectivity index (χ1n) is 5.35. The van der Waals surface area contributed by atoms with Crippen LogP contribution in [0, 0.1) is 5.92 Å². The van der Waals surface area contributed by atoms with Crippen LogP contribution < -0.4 is 4.74 Å². The van der Waals surface area contributed by atoms with E-state index in [1.165, 1.54) is 12.8 Å². The van der Waals surface area contributed by atoms with Crippen LogP contribution in [-0.4, -0.2) is 19.7 Å². The van der Waals surface area contributed by atoms with Gasteiger partial charge in [0.1, 0.15) is 6.29 Å². The molecule has 0 heterocycles. The van der Waals surface area contributed by atoms with Gasteiger partial charge in [-0.05, 0) is 62.8 Å². The summed E-state index contributed by atoms with van der Waals surface area (Å²) in [5.74, 6) is 1.38. The molecule has 1 aromatic rings. The zero-order valence-electron chi connectivity index (χ0n) is 9.12. The van der Waals surface area contributed by atoms with E-state index in [9.17, 15) is 4.79 Å². The van der Waals surface area contributed by atoms with Crippen LogP contribution in [0.2, 0.25) is 0 Å². The predicted octanol–water partition coefficient (Wildman–Crippen LogP) is 3.79. The third-order valence-corrected chi connectivity index (χ3v) is 3.67. The van der Waals surface area contributed by atoms with Crippen molar-refractivity contribution in [3.63, 3.8) is 0 Å². The standard InChI is InChI=1S/C12H12Br2O3/c13-10-3-9(5-15)4-11(14)12(10)17-7-16-6-8-1-2-8/h3-5,8H,1-2,6-7H2. The molecule has 0 unspecified atom stereocenters. The Bertz CT molecular complexity index is 393. The first-order chi connectivity index (χ1) is 8.20. The lowest BCUT2D eigenvalue weighted by molar-refractivity contribution is 0.00914. The lowest BCUT2D eigenvalue weighted by Crippen LogP contribution is -2.06. The fourth-order valence-corrected chi connectivity index (χ4v) is 2.84. The quantitative estimate of drug-likeness (QED) is 0.438. The van der Waals surface area contributed by atoms with Crippen molar-refractivity contribution < 1.29 is 14.3 Å². The van der Waals surface area contributed by atoms with Crippen molar-refractivity contribution in [3.8, 4) is 5.75 Å². The van der Waals surface area contributed by atoms with E-state index >= 15 is 0 Å². The molecule has 0 N–H and O–H groups in total. The molecule has 1 aliphatic carbocycles. The van der Waals surface area contributed by atoms with Gasteiger partial charge in [-0.1, -0.05) is 0 Å². The van der Waals surface area contributed by atoms with Crippen LogP contribution in [-0.2, 0) is 4.74 Å². The molecule has 0 aliphatic heterocycles. The lowest BCUT2D eigenvalue weighted by atomic mass is 10.2. The maximum Gasteiger partial charge on any atom is 0.189 e. The predicted molar refractivity (Wildman–Crippen MR) is 71.4 cm³/mol. The lowest BCUT2D eigenvalue weighted by Gasteiger charge is -2.11. The molecule has 1 saturated carbocycles. The molecule has 17 heavy (non-hydrogen) atoms. The topological polar surface area (TPSA) is 35.5 Å². The maximum atomic E-state index is 10.7. The van der Waals surface area contributed by atoms with Gasteiger partial charge in [0.25, 0.3) is 0 Å². The first-order valence-corrected chi connectivity index (χ1v) is 6.94. The summed E-state index contributed by atoms with van der Waals surface area (Å²) in [6.07, 6.45) is 3.33. The van der Waals surface area contributed by atoms with E-state index in [-0.39, 0.29) is 6.79 Å². The second-order valence-electron chi connectivity index (χ2n) is 4.01.